The van der Waals surface area contributed by atoms with Gasteiger partial charge in [0.25, 0.3) is 5.22 Å². The van der Waals surface area contributed by atoms with Gasteiger partial charge in [0, 0.05) is 27.6 Å². The molecule has 1 aromatic heterocycles. The Labute approximate surface area is 154 Å². The molecular formula is C15H8ClF2N3O4S. The summed E-state index contributed by atoms with van der Waals surface area (Å²) in [5, 5.41) is 19.3. The van der Waals surface area contributed by atoms with Gasteiger partial charge < -0.3 is 9.15 Å². The van der Waals surface area contributed by atoms with Gasteiger partial charge in [0.05, 0.1) is 4.92 Å². The van der Waals surface area contributed by atoms with Crippen LogP contribution in [0.2, 0.25) is 5.02 Å². The van der Waals surface area contributed by atoms with Gasteiger partial charge in [-0.2, -0.15) is 8.78 Å². The first-order valence-corrected chi connectivity index (χ1v) is 8.12. The van der Waals surface area contributed by atoms with Gasteiger partial charge in [-0.3, -0.25) is 10.1 Å². The van der Waals surface area contributed by atoms with Crippen LogP contribution in [0.25, 0.3) is 11.5 Å². The Morgan fingerprint density at radius 3 is 2.58 bits per heavy atom. The highest BCUT2D eigenvalue weighted by atomic mass is 35.5. The van der Waals surface area contributed by atoms with E-state index in [9.17, 15) is 18.9 Å². The Kier molecular flexibility index (Phi) is 5.33. The average Bonchev–Trinajstić information content (AvgIpc) is 3.03. The molecule has 3 aromatic rings. The summed E-state index contributed by atoms with van der Waals surface area (Å²) < 4.78 is 34.6. The molecule has 0 aliphatic carbocycles. The first-order valence-electron chi connectivity index (χ1n) is 6.93. The Morgan fingerprint density at radius 1 is 1.19 bits per heavy atom. The molecule has 0 N–H and O–H groups in total. The molecule has 0 spiro atoms. The van der Waals surface area contributed by atoms with Crippen molar-refractivity contribution in [1.29, 1.82) is 0 Å². The van der Waals surface area contributed by atoms with E-state index in [1.54, 1.807) is 24.3 Å². The van der Waals surface area contributed by atoms with Crippen molar-refractivity contribution in [2.75, 3.05) is 0 Å². The lowest BCUT2D eigenvalue weighted by atomic mass is 10.2. The van der Waals surface area contributed by atoms with E-state index in [0.717, 1.165) is 23.9 Å². The summed E-state index contributed by atoms with van der Waals surface area (Å²) >= 11 is 6.77. The third-order valence-corrected chi connectivity index (χ3v) is 4.13. The summed E-state index contributed by atoms with van der Waals surface area (Å²) in [7, 11) is 0. The zero-order chi connectivity index (χ0) is 18.7. The van der Waals surface area contributed by atoms with Gasteiger partial charge in [-0.15, -0.1) is 10.2 Å². The summed E-state index contributed by atoms with van der Waals surface area (Å²) in [5.74, 6) is -0.303. The van der Waals surface area contributed by atoms with Crippen LogP contribution in [-0.4, -0.2) is 21.7 Å². The lowest BCUT2D eigenvalue weighted by Gasteiger charge is -2.06. The molecule has 1 heterocycles. The van der Waals surface area contributed by atoms with Gasteiger partial charge in [0.15, 0.2) is 0 Å². The van der Waals surface area contributed by atoms with E-state index in [4.69, 9.17) is 16.0 Å². The van der Waals surface area contributed by atoms with E-state index in [2.05, 4.69) is 14.9 Å². The summed E-state index contributed by atoms with van der Waals surface area (Å²) in [6.07, 6.45) is 0. The molecule has 7 nitrogen and oxygen atoms in total. The van der Waals surface area contributed by atoms with Crippen LogP contribution in [0.3, 0.4) is 0 Å². The van der Waals surface area contributed by atoms with Crippen LogP contribution in [0.1, 0.15) is 0 Å². The van der Waals surface area contributed by atoms with E-state index in [1.165, 1.54) is 6.07 Å². The standard InChI is InChI=1S/C15H8ClF2N3O4S/c16-9-3-1-8(2-4-9)13-19-20-15(25-13)26-10-5-6-11(21(22)23)12(7-10)24-14(17)18/h1-7,14H. The van der Waals surface area contributed by atoms with Gasteiger partial charge in [-0.1, -0.05) is 11.6 Å². The van der Waals surface area contributed by atoms with E-state index >= 15 is 0 Å². The van der Waals surface area contributed by atoms with E-state index < -0.39 is 23.0 Å². The molecule has 2 aromatic carbocycles. The Hall–Kier alpha value is -2.72. The first-order chi connectivity index (χ1) is 12.4. The second kappa shape index (κ2) is 7.67. The Bertz CT molecular complexity index is 937. The largest absolute Gasteiger partial charge is 0.427 e. The highest BCUT2D eigenvalue weighted by molar-refractivity contribution is 7.99. The van der Waals surface area contributed by atoms with Crippen molar-refractivity contribution in [1.82, 2.24) is 10.2 Å². The number of nitrogens with zero attached hydrogens (tertiary/aromatic N) is 3. The second-order valence-corrected chi connectivity index (χ2v) is 6.21. The van der Waals surface area contributed by atoms with Crippen molar-refractivity contribution in [2.24, 2.45) is 0 Å². The highest BCUT2D eigenvalue weighted by Crippen LogP contribution is 2.36. The molecule has 0 radical (unpaired) electrons. The van der Waals surface area contributed by atoms with Gasteiger partial charge in [0.1, 0.15) is 0 Å². The number of halogens is 3. The number of nitro benzene ring substituents is 1. The molecule has 0 unspecified atom stereocenters. The molecule has 11 heteroatoms. The smallest absolute Gasteiger partial charge is 0.387 e. The van der Waals surface area contributed by atoms with E-state index in [0.29, 0.717) is 15.5 Å². The van der Waals surface area contributed by atoms with Crippen LogP contribution < -0.4 is 4.74 Å². The maximum atomic E-state index is 12.4. The van der Waals surface area contributed by atoms with Crippen molar-refractivity contribution in [3.8, 4) is 17.2 Å². The lowest BCUT2D eigenvalue weighted by molar-refractivity contribution is -0.386. The van der Waals surface area contributed by atoms with Gasteiger partial charge >= 0.3 is 12.3 Å². The average molecular weight is 400 g/mol. The number of nitro groups is 1. The molecule has 26 heavy (non-hydrogen) atoms. The van der Waals surface area contributed by atoms with Gasteiger partial charge in [-0.05, 0) is 42.1 Å². The Balaban J connectivity index is 1.82. The molecule has 0 amide bonds. The van der Waals surface area contributed by atoms with Crippen LogP contribution in [0.4, 0.5) is 14.5 Å². The molecule has 134 valence electrons. The number of ether oxygens (including phenoxy) is 1. The third kappa shape index (κ3) is 4.27. The predicted molar refractivity (Wildman–Crippen MR) is 88.6 cm³/mol. The molecule has 0 atom stereocenters. The maximum Gasteiger partial charge on any atom is 0.387 e. The van der Waals surface area contributed by atoms with E-state index in [-0.39, 0.29) is 11.1 Å². The minimum absolute atomic E-state index is 0.131. The van der Waals surface area contributed by atoms with Crippen LogP contribution in [0, 0.1) is 10.1 Å². The summed E-state index contributed by atoms with van der Waals surface area (Å²) in [5.41, 5.74) is 0.0844. The van der Waals surface area contributed by atoms with Crippen molar-refractivity contribution in [3.05, 3.63) is 57.6 Å². The monoisotopic (exact) mass is 399 g/mol. The minimum Gasteiger partial charge on any atom is -0.427 e. The molecular weight excluding hydrogens is 392 g/mol. The first kappa shape index (κ1) is 18.1. The fourth-order valence-electron chi connectivity index (χ4n) is 1.96. The number of alkyl halides is 2. The molecule has 0 fully saturated rings. The normalized spacial score (nSPS) is 10.9. The SMILES string of the molecule is O=[N+]([O-])c1ccc(Sc2nnc(-c3ccc(Cl)cc3)o2)cc1OC(F)F. The second-order valence-electron chi connectivity index (χ2n) is 4.75. The van der Waals surface area contributed by atoms with E-state index in [1.807, 2.05) is 0 Å². The van der Waals surface area contributed by atoms with Gasteiger partial charge in [0.2, 0.25) is 11.6 Å². The zero-order valence-corrected chi connectivity index (χ0v) is 14.2. The van der Waals surface area contributed by atoms with Crippen LogP contribution >= 0.6 is 23.4 Å². The summed E-state index contributed by atoms with van der Waals surface area (Å²) in [4.78, 5) is 10.4. The number of aromatic nitrogens is 2. The zero-order valence-electron chi connectivity index (χ0n) is 12.6. The topological polar surface area (TPSA) is 91.3 Å². The molecule has 0 saturated carbocycles. The summed E-state index contributed by atoms with van der Waals surface area (Å²) in [6, 6.07) is 10.3. The fourth-order valence-corrected chi connectivity index (χ4v) is 2.79. The molecule has 0 aliphatic rings. The number of benzene rings is 2. The van der Waals surface area contributed by atoms with Crippen molar-refractivity contribution in [3.63, 3.8) is 0 Å². The van der Waals surface area contributed by atoms with Crippen LogP contribution in [0.5, 0.6) is 5.75 Å². The lowest BCUT2D eigenvalue weighted by Crippen LogP contribution is -2.04. The summed E-state index contributed by atoms with van der Waals surface area (Å²) in [6.45, 7) is -3.19. The highest BCUT2D eigenvalue weighted by Gasteiger charge is 2.20. The van der Waals surface area contributed by atoms with Crippen LogP contribution in [-0.2, 0) is 0 Å². The van der Waals surface area contributed by atoms with Crippen molar-refractivity contribution >= 4 is 29.1 Å². The van der Waals surface area contributed by atoms with Crippen molar-refractivity contribution < 1.29 is 22.9 Å². The predicted octanol–water partition coefficient (Wildman–Crippen LogP) is 5.05. The maximum absolute atomic E-state index is 12.4. The minimum atomic E-state index is -3.19. The molecule has 0 aliphatic heterocycles. The third-order valence-electron chi connectivity index (χ3n) is 3.05. The van der Waals surface area contributed by atoms with Crippen molar-refractivity contribution in [2.45, 2.75) is 16.7 Å². The Morgan fingerprint density at radius 2 is 1.92 bits per heavy atom. The number of hydrogen-bond acceptors (Lipinski definition) is 7. The molecule has 3 rings (SSSR count). The molecule has 0 saturated heterocycles. The van der Waals surface area contributed by atoms with Gasteiger partial charge in [-0.25, -0.2) is 0 Å². The molecule has 0 bridgehead atoms. The van der Waals surface area contributed by atoms with Crippen LogP contribution in [0.15, 0.2) is 57.0 Å². The quantitative estimate of drug-likeness (QED) is 0.423. The fraction of sp³-hybridized carbons (Fsp3) is 0.0667. The number of rotatable bonds is 6. The number of hydrogen-bond donors (Lipinski definition) is 0.